The van der Waals surface area contributed by atoms with Crippen LogP contribution in [0.15, 0.2) is 45.6 Å². The van der Waals surface area contributed by atoms with Gasteiger partial charge in [-0.25, -0.2) is 0 Å². The molecule has 8 nitrogen and oxygen atoms in total. The van der Waals surface area contributed by atoms with Crippen molar-refractivity contribution in [2.24, 2.45) is 22.1 Å². The summed E-state index contributed by atoms with van der Waals surface area (Å²) in [5, 5.41) is 18.1. The van der Waals surface area contributed by atoms with E-state index in [-0.39, 0.29) is 11.5 Å². The van der Waals surface area contributed by atoms with Crippen LogP contribution in [0.3, 0.4) is 0 Å². The summed E-state index contributed by atoms with van der Waals surface area (Å²) in [4.78, 5) is 43.0. The topological polar surface area (TPSA) is 106 Å². The Morgan fingerprint density at radius 2 is 1.75 bits per heavy atom. The van der Waals surface area contributed by atoms with E-state index in [4.69, 9.17) is 0 Å². The van der Waals surface area contributed by atoms with E-state index in [1.807, 2.05) is 11.0 Å². The molecule has 2 rings (SSSR count). The fourth-order valence-corrected chi connectivity index (χ4v) is 5.23. The van der Waals surface area contributed by atoms with Gasteiger partial charge in [0.1, 0.15) is 12.1 Å². The van der Waals surface area contributed by atoms with E-state index in [2.05, 4.69) is 37.9 Å². The van der Waals surface area contributed by atoms with Crippen molar-refractivity contribution in [3.8, 4) is 6.07 Å². The number of benzene rings is 1. The first-order valence-electron chi connectivity index (χ1n) is 14.7. The third-order valence-corrected chi connectivity index (χ3v) is 7.74. The van der Waals surface area contributed by atoms with Crippen LogP contribution in [0.1, 0.15) is 89.9 Å². The van der Waals surface area contributed by atoms with E-state index in [1.54, 1.807) is 45.3 Å². The Labute approximate surface area is 240 Å². The third-order valence-electron chi connectivity index (χ3n) is 7.74. The van der Waals surface area contributed by atoms with Crippen LogP contribution >= 0.6 is 0 Å². The molecular formula is C32H47N5O3. The van der Waals surface area contributed by atoms with Gasteiger partial charge in [-0.15, -0.1) is 0 Å². The van der Waals surface area contributed by atoms with Gasteiger partial charge in [-0.2, -0.15) is 15.5 Å². The molecule has 0 saturated heterocycles. The molecule has 40 heavy (non-hydrogen) atoms. The Morgan fingerprint density at radius 1 is 1.07 bits per heavy atom. The highest BCUT2D eigenvalue weighted by Crippen LogP contribution is 2.27. The minimum Gasteiger partial charge on any atom is -0.338 e. The smallest absolute Gasteiger partial charge is 0.253 e. The predicted molar refractivity (Wildman–Crippen MR) is 158 cm³/mol. The van der Waals surface area contributed by atoms with E-state index >= 15 is 0 Å². The highest BCUT2D eigenvalue weighted by Gasteiger charge is 2.43. The summed E-state index contributed by atoms with van der Waals surface area (Å²) in [5.74, 6) is -0.0765. The highest BCUT2D eigenvalue weighted by molar-refractivity contribution is 6.21. The number of rotatable bonds is 15. The van der Waals surface area contributed by atoms with Crippen LogP contribution in [0, 0.1) is 23.2 Å². The Balaban J connectivity index is 2.34. The normalized spacial score (nSPS) is 19.3. The van der Waals surface area contributed by atoms with Gasteiger partial charge in [-0.05, 0) is 69.5 Å². The van der Waals surface area contributed by atoms with Crippen LogP contribution in [-0.2, 0) is 9.59 Å². The summed E-state index contributed by atoms with van der Waals surface area (Å²) in [6.07, 6.45) is 7.81. The van der Waals surface area contributed by atoms with Crippen molar-refractivity contribution in [3.05, 3.63) is 41.0 Å². The fourth-order valence-electron chi connectivity index (χ4n) is 5.23. The number of amides is 1. The van der Waals surface area contributed by atoms with Crippen LogP contribution in [0.4, 0.5) is 5.69 Å². The second-order valence-corrected chi connectivity index (χ2v) is 11.3. The number of hydrogen-bond acceptors (Lipinski definition) is 7. The Kier molecular flexibility index (Phi) is 13.4. The zero-order chi connectivity index (χ0) is 29.8. The lowest BCUT2D eigenvalue weighted by Gasteiger charge is -2.30. The molecule has 0 saturated carbocycles. The van der Waals surface area contributed by atoms with Crippen LogP contribution in [0.5, 0.6) is 0 Å². The van der Waals surface area contributed by atoms with Gasteiger partial charge < -0.3 is 4.90 Å². The van der Waals surface area contributed by atoms with E-state index in [0.29, 0.717) is 35.2 Å². The number of ketones is 2. The van der Waals surface area contributed by atoms with Crippen molar-refractivity contribution in [1.82, 2.24) is 9.80 Å². The zero-order valence-electron chi connectivity index (χ0n) is 25.4. The fraction of sp³-hybridized carbons (Fsp3) is 0.625. The molecule has 0 fully saturated rings. The summed E-state index contributed by atoms with van der Waals surface area (Å²) in [5.41, 5.74) is 1.23. The lowest BCUT2D eigenvalue weighted by Crippen LogP contribution is -2.51. The number of azo groups is 1. The average Bonchev–Trinajstić information content (AvgIpc) is 2.93. The molecule has 0 spiro atoms. The monoisotopic (exact) mass is 549 g/mol. The average molecular weight is 550 g/mol. The molecule has 0 aromatic heterocycles. The van der Waals surface area contributed by atoms with Crippen molar-refractivity contribution in [1.29, 1.82) is 5.26 Å². The minimum absolute atomic E-state index is 0.0230. The van der Waals surface area contributed by atoms with Crippen LogP contribution in [0.25, 0.3) is 0 Å². The highest BCUT2D eigenvalue weighted by atomic mass is 16.2. The van der Waals surface area contributed by atoms with Gasteiger partial charge >= 0.3 is 0 Å². The molecule has 4 unspecified atom stereocenters. The maximum absolute atomic E-state index is 13.8. The van der Waals surface area contributed by atoms with Crippen molar-refractivity contribution < 1.29 is 14.4 Å². The second kappa shape index (κ2) is 16.2. The summed E-state index contributed by atoms with van der Waals surface area (Å²) in [7, 11) is 3.25. The Hall–Kier alpha value is -3.18. The van der Waals surface area contributed by atoms with E-state index in [1.165, 1.54) is 4.90 Å². The van der Waals surface area contributed by atoms with Crippen LogP contribution in [0.2, 0.25) is 0 Å². The van der Waals surface area contributed by atoms with Crippen molar-refractivity contribution in [2.75, 3.05) is 27.2 Å². The van der Waals surface area contributed by atoms with Crippen molar-refractivity contribution >= 4 is 23.2 Å². The lowest BCUT2D eigenvalue weighted by atomic mass is 9.83. The molecule has 1 aromatic carbocycles. The maximum Gasteiger partial charge on any atom is 0.253 e. The Bertz CT molecular complexity index is 1130. The Morgan fingerprint density at radius 3 is 2.35 bits per heavy atom. The molecule has 1 aliphatic rings. The van der Waals surface area contributed by atoms with Gasteiger partial charge in [-0.3, -0.25) is 19.3 Å². The van der Waals surface area contributed by atoms with Gasteiger partial charge in [-0.1, -0.05) is 65.9 Å². The number of likely N-dealkylation sites (N-methyl/N-ethyl adjacent to an activating group) is 1. The summed E-state index contributed by atoms with van der Waals surface area (Å²) >= 11 is 0. The molecule has 1 aliphatic carbocycles. The number of nitrogens with zero attached hydrogens (tertiary/aromatic N) is 5. The molecular weight excluding hydrogens is 502 g/mol. The van der Waals surface area contributed by atoms with Gasteiger partial charge in [0.15, 0.2) is 17.6 Å². The molecule has 0 N–H and O–H groups in total. The van der Waals surface area contributed by atoms with Gasteiger partial charge in [0, 0.05) is 18.7 Å². The van der Waals surface area contributed by atoms with Crippen molar-refractivity contribution in [2.45, 2.75) is 91.6 Å². The number of carbonyl (C=O) groups excluding carboxylic acids is 3. The molecule has 4 atom stereocenters. The summed E-state index contributed by atoms with van der Waals surface area (Å²) in [6, 6.07) is 6.84. The van der Waals surface area contributed by atoms with Gasteiger partial charge in [0.2, 0.25) is 0 Å². The first kappa shape index (κ1) is 33.0. The number of nitriles is 1. The maximum atomic E-state index is 13.8. The quantitative estimate of drug-likeness (QED) is 0.182. The SMILES string of the molecule is CCCCC(C)CN(CC(CC)CCCC)C(=O)c1cccc(/N=N/C2C(=O)C(N(C)C)C(=O)C(C#N)=C2C)c1. The molecule has 0 aliphatic heterocycles. The van der Waals surface area contributed by atoms with Crippen LogP contribution in [-0.4, -0.2) is 66.5 Å². The van der Waals surface area contributed by atoms with E-state index in [0.717, 1.165) is 51.5 Å². The van der Waals surface area contributed by atoms with Gasteiger partial charge in [0.05, 0.1) is 11.3 Å². The summed E-state index contributed by atoms with van der Waals surface area (Å²) in [6.45, 7) is 11.8. The standard InChI is InChI=1S/C32H47N5O3/c1-8-11-14-22(4)20-37(21-24(10-3)15-12-9-2)32(40)25-16-13-17-26(18-25)34-35-28-23(5)27(19-33)30(38)29(31(28)39)36(6)7/h13,16-18,22,24,28-29H,8-12,14-15,20-21H2,1-7H3/b35-34+. The molecule has 0 radical (unpaired) electrons. The minimum atomic E-state index is -1.07. The molecule has 218 valence electrons. The molecule has 0 heterocycles. The lowest BCUT2D eigenvalue weighted by molar-refractivity contribution is -0.132. The zero-order valence-corrected chi connectivity index (χ0v) is 25.4. The molecule has 8 heteroatoms. The van der Waals surface area contributed by atoms with E-state index < -0.39 is 23.7 Å². The molecule has 1 amide bonds. The first-order valence-corrected chi connectivity index (χ1v) is 14.7. The number of unbranched alkanes of at least 4 members (excludes halogenated alkanes) is 2. The number of hydrogen-bond donors (Lipinski definition) is 0. The van der Waals surface area contributed by atoms with Crippen LogP contribution < -0.4 is 0 Å². The predicted octanol–water partition coefficient (Wildman–Crippen LogP) is 6.55. The second-order valence-electron chi connectivity index (χ2n) is 11.3. The van der Waals surface area contributed by atoms with Crippen molar-refractivity contribution in [3.63, 3.8) is 0 Å². The van der Waals surface area contributed by atoms with Gasteiger partial charge in [0.25, 0.3) is 5.91 Å². The first-order chi connectivity index (χ1) is 19.1. The number of carbonyl (C=O) groups is 3. The molecule has 0 bridgehead atoms. The number of Topliss-reactive ketones (excluding diaryl/α,β-unsaturated/α-hetero) is 2. The third kappa shape index (κ3) is 8.66. The largest absolute Gasteiger partial charge is 0.338 e. The summed E-state index contributed by atoms with van der Waals surface area (Å²) < 4.78 is 0. The molecule has 1 aromatic rings. The van der Waals surface area contributed by atoms with E-state index in [9.17, 15) is 19.6 Å².